The Hall–Kier alpha value is -1.80. The maximum atomic E-state index is 12.4. The van der Waals surface area contributed by atoms with Crippen molar-refractivity contribution in [2.75, 3.05) is 18.0 Å². The number of fused-ring (bicyclic) bond motifs is 2. The number of ether oxygens (including phenoxy) is 1. The zero-order chi connectivity index (χ0) is 21.2. The van der Waals surface area contributed by atoms with Crippen LogP contribution < -0.4 is 10.4 Å². The molecular formula is C21H32BN3O4. The van der Waals surface area contributed by atoms with E-state index in [0.29, 0.717) is 6.54 Å². The highest BCUT2D eigenvalue weighted by Gasteiger charge is 2.52. The summed E-state index contributed by atoms with van der Waals surface area (Å²) >= 11 is 0. The third-order valence-electron chi connectivity index (χ3n) is 6.46. The number of likely N-dealkylation sites (tertiary alicyclic amines) is 1. The van der Waals surface area contributed by atoms with Crippen LogP contribution >= 0.6 is 0 Å². The Labute approximate surface area is 173 Å². The fourth-order valence-electron chi connectivity index (χ4n) is 4.18. The smallest absolute Gasteiger partial charge is 0.444 e. The first-order chi connectivity index (χ1) is 13.4. The molecule has 2 bridgehead atoms. The monoisotopic (exact) mass is 401 g/mol. The molecule has 29 heavy (non-hydrogen) atoms. The molecule has 7 nitrogen and oxygen atoms in total. The lowest BCUT2D eigenvalue weighted by Gasteiger charge is -2.35. The standard InChI is InChI=1S/C21H32BN3O4/c1-19(2,3)27-18(26)25-13-15-10-16(25)12-24(15)17-9-8-14(11-23-17)22-28-20(4,5)21(6,7)29-22/h8-9,11,15-16H,10,12-13H2,1-7H3/t15-,16-/m0/s1. The Morgan fingerprint density at radius 3 is 2.28 bits per heavy atom. The van der Waals surface area contributed by atoms with E-state index >= 15 is 0 Å². The lowest BCUT2D eigenvalue weighted by atomic mass is 9.80. The van der Waals surface area contributed by atoms with E-state index in [4.69, 9.17) is 14.0 Å². The summed E-state index contributed by atoms with van der Waals surface area (Å²) in [5.74, 6) is 0.932. The molecule has 1 aromatic rings. The van der Waals surface area contributed by atoms with Crippen molar-refractivity contribution in [3.05, 3.63) is 18.3 Å². The average molecular weight is 401 g/mol. The summed E-state index contributed by atoms with van der Waals surface area (Å²) in [5, 5.41) is 0. The van der Waals surface area contributed by atoms with E-state index in [-0.39, 0.29) is 29.4 Å². The molecule has 2 atom stereocenters. The Balaban J connectivity index is 1.40. The Morgan fingerprint density at radius 1 is 1.14 bits per heavy atom. The number of pyridine rings is 1. The summed E-state index contributed by atoms with van der Waals surface area (Å²) in [6.45, 7) is 15.4. The van der Waals surface area contributed by atoms with E-state index in [1.54, 1.807) is 0 Å². The van der Waals surface area contributed by atoms with Crippen LogP contribution in [0.3, 0.4) is 0 Å². The van der Waals surface area contributed by atoms with Crippen molar-refractivity contribution < 1.29 is 18.8 Å². The molecule has 3 fully saturated rings. The van der Waals surface area contributed by atoms with E-state index in [1.165, 1.54) is 0 Å². The van der Waals surface area contributed by atoms with Crippen LogP contribution in [0.2, 0.25) is 0 Å². The number of hydrogen-bond acceptors (Lipinski definition) is 6. The van der Waals surface area contributed by atoms with Gasteiger partial charge in [0.1, 0.15) is 11.4 Å². The molecule has 0 N–H and O–H groups in total. The average Bonchev–Trinajstić information content (AvgIpc) is 3.25. The van der Waals surface area contributed by atoms with Crippen molar-refractivity contribution in [2.45, 2.75) is 83.8 Å². The number of carbonyl (C=O) groups is 1. The molecule has 8 heteroatoms. The van der Waals surface area contributed by atoms with Crippen LogP contribution in [0.1, 0.15) is 54.9 Å². The van der Waals surface area contributed by atoms with Gasteiger partial charge in [0.25, 0.3) is 0 Å². The predicted octanol–water partition coefficient (Wildman–Crippen LogP) is 2.58. The number of anilines is 1. The van der Waals surface area contributed by atoms with Gasteiger partial charge in [-0.2, -0.15) is 0 Å². The molecule has 0 aromatic carbocycles. The summed E-state index contributed by atoms with van der Waals surface area (Å²) in [6.07, 6.45) is 2.59. The van der Waals surface area contributed by atoms with Crippen LogP contribution in [0.5, 0.6) is 0 Å². The number of hydrogen-bond donors (Lipinski definition) is 0. The molecule has 158 valence electrons. The van der Waals surface area contributed by atoms with Crippen molar-refractivity contribution in [1.29, 1.82) is 0 Å². The van der Waals surface area contributed by atoms with Crippen LogP contribution in [0.25, 0.3) is 0 Å². The third kappa shape index (κ3) is 3.72. The molecular weight excluding hydrogens is 369 g/mol. The van der Waals surface area contributed by atoms with Gasteiger partial charge in [-0.3, -0.25) is 0 Å². The summed E-state index contributed by atoms with van der Waals surface area (Å²) in [7, 11) is -0.403. The van der Waals surface area contributed by atoms with E-state index in [2.05, 4.69) is 9.88 Å². The fraction of sp³-hybridized carbons (Fsp3) is 0.714. The molecule has 0 saturated carbocycles. The summed E-state index contributed by atoms with van der Waals surface area (Å²) in [5.41, 5.74) is -0.276. The minimum atomic E-state index is -0.469. The summed E-state index contributed by atoms with van der Waals surface area (Å²) in [4.78, 5) is 21.3. The topological polar surface area (TPSA) is 64.1 Å². The van der Waals surface area contributed by atoms with E-state index < -0.39 is 12.7 Å². The predicted molar refractivity (Wildman–Crippen MR) is 112 cm³/mol. The second-order valence-electron chi connectivity index (χ2n) is 10.4. The maximum absolute atomic E-state index is 12.4. The second-order valence-corrected chi connectivity index (χ2v) is 10.4. The quantitative estimate of drug-likeness (QED) is 0.710. The van der Waals surface area contributed by atoms with Gasteiger partial charge in [0.2, 0.25) is 0 Å². The number of piperazine rings is 1. The highest BCUT2D eigenvalue weighted by atomic mass is 16.7. The Morgan fingerprint density at radius 2 is 1.79 bits per heavy atom. The van der Waals surface area contributed by atoms with Crippen LogP contribution in [0, 0.1) is 0 Å². The minimum Gasteiger partial charge on any atom is -0.444 e. The van der Waals surface area contributed by atoms with Gasteiger partial charge in [-0.15, -0.1) is 0 Å². The van der Waals surface area contributed by atoms with Crippen molar-refractivity contribution in [1.82, 2.24) is 9.88 Å². The first-order valence-electron chi connectivity index (χ1n) is 10.4. The first-order valence-corrected chi connectivity index (χ1v) is 10.4. The number of amides is 1. The normalized spacial score (nSPS) is 27.6. The molecule has 3 saturated heterocycles. The van der Waals surface area contributed by atoms with Crippen LogP contribution in [0.15, 0.2) is 18.3 Å². The van der Waals surface area contributed by atoms with Crippen molar-refractivity contribution >= 4 is 24.5 Å². The van der Waals surface area contributed by atoms with Gasteiger partial charge in [0.15, 0.2) is 0 Å². The largest absolute Gasteiger partial charge is 0.496 e. The maximum Gasteiger partial charge on any atom is 0.496 e. The zero-order valence-corrected chi connectivity index (χ0v) is 18.6. The van der Waals surface area contributed by atoms with Crippen LogP contribution in [-0.4, -0.2) is 65.1 Å². The molecule has 3 aliphatic heterocycles. The fourth-order valence-corrected chi connectivity index (χ4v) is 4.18. The minimum absolute atomic E-state index is 0.180. The molecule has 0 unspecified atom stereocenters. The summed E-state index contributed by atoms with van der Waals surface area (Å²) < 4.78 is 17.8. The van der Waals surface area contributed by atoms with E-state index in [9.17, 15) is 4.79 Å². The molecule has 1 amide bonds. The highest BCUT2D eigenvalue weighted by Crippen LogP contribution is 2.37. The van der Waals surface area contributed by atoms with Gasteiger partial charge >= 0.3 is 13.2 Å². The molecule has 4 heterocycles. The first kappa shape index (κ1) is 20.5. The van der Waals surface area contributed by atoms with Gasteiger partial charge in [0, 0.05) is 24.7 Å². The third-order valence-corrected chi connectivity index (χ3v) is 6.46. The van der Waals surface area contributed by atoms with Gasteiger partial charge in [-0.1, -0.05) is 6.07 Å². The van der Waals surface area contributed by atoms with Crippen molar-refractivity contribution in [3.8, 4) is 0 Å². The lowest BCUT2D eigenvalue weighted by Crippen LogP contribution is -2.50. The van der Waals surface area contributed by atoms with E-state index in [1.807, 2.05) is 71.7 Å². The lowest BCUT2D eigenvalue weighted by molar-refractivity contribution is 0.00578. The molecule has 4 rings (SSSR count). The SMILES string of the molecule is CC(C)(C)OC(=O)N1C[C@@H]2C[C@H]1CN2c1ccc(B2OC(C)(C)C(C)(C)O2)cn1. The highest BCUT2D eigenvalue weighted by molar-refractivity contribution is 6.62. The van der Waals surface area contributed by atoms with Crippen molar-refractivity contribution in [2.24, 2.45) is 0 Å². The molecule has 0 aliphatic carbocycles. The number of carbonyl (C=O) groups excluding carboxylic acids is 1. The zero-order valence-electron chi connectivity index (χ0n) is 18.6. The molecule has 0 spiro atoms. The number of aromatic nitrogens is 1. The van der Waals surface area contributed by atoms with Crippen LogP contribution in [-0.2, 0) is 14.0 Å². The van der Waals surface area contributed by atoms with E-state index in [0.717, 1.165) is 24.2 Å². The van der Waals surface area contributed by atoms with Gasteiger partial charge in [-0.25, -0.2) is 9.78 Å². The Bertz CT molecular complexity index is 774. The Kier molecular flexibility index (Phi) is 4.66. The van der Waals surface area contributed by atoms with Crippen LogP contribution in [0.4, 0.5) is 10.6 Å². The number of rotatable bonds is 2. The molecule has 1 aromatic heterocycles. The number of nitrogens with zero attached hydrogens (tertiary/aromatic N) is 3. The molecule has 3 aliphatic rings. The van der Waals surface area contributed by atoms with Crippen molar-refractivity contribution in [3.63, 3.8) is 0 Å². The van der Waals surface area contributed by atoms with Gasteiger partial charge < -0.3 is 23.8 Å². The summed E-state index contributed by atoms with van der Waals surface area (Å²) in [6, 6.07) is 4.52. The second kappa shape index (κ2) is 6.60. The molecule has 0 radical (unpaired) electrons. The van der Waals surface area contributed by atoms with Gasteiger partial charge in [-0.05, 0) is 61.0 Å². The van der Waals surface area contributed by atoms with Gasteiger partial charge in [0.05, 0.1) is 23.3 Å².